The van der Waals surface area contributed by atoms with Crippen LogP contribution in [-0.2, 0) is 9.53 Å². The molecule has 0 saturated carbocycles. The summed E-state index contributed by atoms with van der Waals surface area (Å²) in [7, 11) is 0. The van der Waals surface area contributed by atoms with Crippen molar-refractivity contribution in [1.82, 2.24) is 0 Å². The second kappa shape index (κ2) is 14.0. The Bertz CT molecular complexity index is 317. The molecule has 1 fully saturated rings. The topological polar surface area (TPSA) is 26.3 Å². The molecule has 2 nitrogen and oxygen atoms in total. The summed E-state index contributed by atoms with van der Waals surface area (Å²) in [5.41, 5.74) is 0. The minimum Gasteiger partial charge on any atom is -0.463 e. The smallest absolute Gasteiger partial charge is 0.306 e. The molecule has 0 spiro atoms. The first-order valence-electron chi connectivity index (χ1n) is 10.5. The molecule has 142 valence electrons. The van der Waals surface area contributed by atoms with Gasteiger partial charge in [0.15, 0.2) is 0 Å². The minimum atomic E-state index is -0.0306. The molecule has 1 saturated heterocycles. The molecule has 2 atom stereocenters. The number of carbonyl (C=O) groups excluding carboxylic acids is 1. The molecule has 0 bridgehead atoms. The fraction of sp³-hybridized carbons (Fsp3) is 0.952. The van der Waals surface area contributed by atoms with Gasteiger partial charge < -0.3 is 4.74 Å². The Morgan fingerprint density at radius 2 is 1.33 bits per heavy atom. The molecule has 0 aromatic carbocycles. The van der Waals surface area contributed by atoms with Crippen LogP contribution in [0.2, 0.25) is 0 Å². The number of ether oxygens (including phenoxy) is 1. The summed E-state index contributed by atoms with van der Waals surface area (Å²) in [4.78, 5) is 11.4. The maximum Gasteiger partial charge on any atom is 0.306 e. The highest BCUT2D eigenvalue weighted by atomic mass is 32.2. The van der Waals surface area contributed by atoms with Gasteiger partial charge in [0.2, 0.25) is 0 Å². The predicted molar refractivity (Wildman–Crippen MR) is 107 cm³/mol. The maximum atomic E-state index is 11.4. The van der Waals surface area contributed by atoms with Gasteiger partial charge in [-0.3, -0.25) is 4.79 Å². The van der Waals surface area contributed by atoms with Crippen LogP contribution >= 0.6 is 11.8 Å². The molecule has 24 heavy (non-hydrogen) atoms. The lowest BCUT2D eigenvalue weighted by Crippen LogP contribution is -2.10. The highest BCUT2D eigenvalue weighted by molar-refractivity contribution is 8.07. The zero-order chi connectivity index (χ0) is 17.6. The van der Waals surface area contributed by atoms with Crippen LogP contribution in [0.4, 0.5) is 0 Å². The van der Waals surface area contributed by atoms with Gasteiger partial charge in [0.05, 0.1) is 6.10 Å². The highest BCUT2D eigenvalue weighted by Gasteiger charge is 2.36. The Kier molecular flexibility index (Phi) is 12.8. The Balaban J connectivity index is 1.79. The Labute approximate surface area is 154 Å². The first-order valence-corrected chi connectivity index (χ1v) is 11.4. The normalized spacial score (nSPS) is 19.7. The molecular weight excluding hydrogens is 316 g/mol. The molecule has 1 aliphatic rings. The van der Waals surface area contributed by atoms with Crippen molar-refractivity contribution in [2.45, 2.75) is 127 Å². The molecule has 0 aliphatic carbocycles. The van der Waals surface area contributed by atoms with Crippen LogP contribution in [0, 0.1) is 0 Å². The Morgan fingerprint density at radius 3 is 1.88 bits per heavy atom. The van der Waals surface area contributed by atoms with Crippen LogP contribution in [0.3, 0.4) is 0 Å². The van der Waals surface area contributed by atoms with E-state index in [-0.39, 0.29) is 12.1 Å². The van der Waals surface area contributed by atoms with Gasteiger partial charge in [0.1, 0.15) is 0 Å². The summed E-state index contributed by atoms with van der Waals surface area (Å²) in [6.45, 7) is 6.10. The van der Waals surface area contributed by atoms with E-state index in [0.717, 1.165) is 16.9 Å². The van der Waals surface area contributed by atoms with Crippen LogP contribution < -0.4 is 0 Å². The molecule has 0 aromatic heterocycles. The first-order chi connectivity index (χ1) is 11.6. The molecular formula is C21H40O2S. The molecule has 3 heteroatoms. The van der Waals surface area contributed by atoms with Crippen LogP contribution in [0.25, 0.3) is 0 Å². The number of rotatable bonds is 16. The summed E-state index contributed by atoms with van der Waals surface area (Å²) in [6.07, 6.45) is 18.2. The zero-order valence-corrected chi connectivity index (χ0v) is 17.2. The Morgan fingerprint density at radius 1 is 0.833 bits per heavy atom. The van der Waals surface area contributed by atoms with Crippen molar-refractivity contribution < 1.29 is 9.53 Å². The van der Waals surface area contributed by atoms with E-state index in [1.54, 1.807) is 0 Å². The van der Waals surface area contributed by atoms with E-state index in [1.807, 2.05) is 13.8 Å². The molecule has 2 unspecified atom stereocenters. The maximum absolute atomic E-state index is 11.4. The molecule has 1 heterocycles. The van der Waals surface area contributed by atoms with Gasteiger partial charge in [0.25, 0.3) is 0 Å². The van der Waals surface area contributed by atoms with E-state index in [4.69, 9.17) is 4.74 Å². The fourth-order valence-corrected chi connectivity index (χ4v) is 4.52. The van der Waals surface area contributed by atoms with Crippen LogP contribution in [0.15, 0.2) is 0 Å². The molecule has 0 radical (unpaired) electrons. The number of carbonyl (C=O) groups is 1. The molecule has 0 amide bonds. The van der Waals surface area contributed by atoms with Crippen molar-refractivity contribution in [3.05, 3.63) is 0 Å². The summed E-state index contributed by atoms with van der Waals surface area (Å²) in [5.74, 6) is -0.0306. The number of hydrogen-bond acceptors (Lipinski definition) is 3. The average molecular weight is 357 g/mol. The SMILES string of the molecule is CCCCCCCCC1SC1CCCCCCCC(=O)OC(C)C. The highest BCUT2D eigenvalue weighted by Crippen LogP contribution is 2.47. The quantitative estimate of drug-likeness (QED) is 0.171. The van der Waals surface area contributed by atoms with Crippen LogP contribution in [0.1, 0.15) is 111 Å². The van der Waals surface area contributed by atoms with Crippen molar-refractivity contribution in [2.24, 2.45) is 0 Å². The first kappa shape index (κ1) is 21.9. The van der Waals surface area contributed by atoms with E-state index in [1.165, 1.54) is 77.0 Å². The van der Waals surface area contributed by atoms with Crippen molar-refractivity contribution in [1.29, 1.82) is 0 Å². The lowest BCUT2D eigenvalue weighted by atomic mass is 10.0. The van der Waals surface area contributed by atoms with E-state index in [0.29, 0.717) is 6.42 Å². The van der Waals surface area contributed by atoms with Crippen molar-refractivity contribution in [2.75, 3.05) is 0 Å². The Hall–Kier alpha value is -0.180. The van der Waals surface area contributed by atoms with Gasteiger partial charge in [-0.2, -0.15) is 11.8 Å². The summed E-state index contributed by atoms with van der Waals surface area (Å²) >= 11 is 2.22. The standard InChI is InChI=1S/C21H40O2S/c1-4-5-6-7-9-12-15-19-20(24-19)16-13-10-8-11-14-17-21(22)23-18(2)3/h18-20H,4-17H2,1-3H3. The molecule has 1 rings (SSSR count). The predicted octanol–water partition coefficient (Wildman–Crippen LogP) is 6.90. The fourth-order valence-electron chi connectivity index (χ4n) is 3.28. The summed E-state index contributed by atoms with van der Waals surface area (Å²) < 4.78 is 5.15. The zero-order valence-electron chi connectivity index (χ0n) is 16.4. The number of thioether (sulfide) groups is 1. The van der Waals surface area contributed by atoms with E-state index < -0.39 is 0 Å². The van der Waals surface area contributed by atoms with Gasteiger partial charge in [-0.15, -0.1) is 0 Å². The third-order valence-electron chi connectivity index (χ3n) is 4.77. The van der Waals surface area contributed by atoms with Gasteiger partial charge in [0, 0.05) is 16.9 Å². The second-order valence-electron chi connectivity index (χ2n) is 7.61. The van der Waals surface area contributed by atoms with Gasteiger partial charge in [-0.1, -0.05) is 71.1 Å². The molecule has 0 N–H and O–H groups in total. The lowest BCUT2D eigenvalue weighted by Gasteiger charge is -2.07. The largest absolute Gasteiger partial charge is 0.463 e. The van der Waals surface area contributed by atoms with E-state index >= 15 is 0 Å². The third kappa shape index (κ3) is 12.2. The second-order valence-corrected chi connectivity index (χ2v) is 9.10. The molecule has 1 aliphatic heterocycles. The molecule has 0 aromatic rings. The number of esters is 1. The number of hydrogen-bond donors (Lipinski definition) is 0. The van der Waals surface area contributed by atoms with Gasteiger partial charge >= 0.3 is 5.97 Å². The number of unbranched alkanes of at least 4 members (excludes halogenated alkanes) is 9. The third-order valence-corrected chi connectivity index (χ3v) is 6.28. The summed E-state index contributed by atoms with van der Waals surface area (Å²) in [5, 5.41) is 1.96. The summed E-state index contributed by atoms with van der Waals surface area (Å²) in [6, 6.07) is 0. The van der Waals surface area contributed by atoms with Crippen LogP contribution in [-0.4, -0.2) is 22.6 Å². The van der Waals surface area contributed by atoms with Crippen molar-refractivity contribution >= 4 is 17.7 Å². The lowest BCUT2D eigenvalue weighted by molar-refractivity contribution is -0.147. The van der Waals surface area contributed by atoms with Crippen LogP contribution in [0.5, 0.6) is 0 Å². The van der Waals surface area contributed by atoms with Crippen molar-refractivity contribution in [3.63, 3.8) is 0 Å². The van der Waals surface area contributed by atoms with E-state index in [2.05, 4.69) is 18.7 Å². The van der Waals surface area contributed by atoms with E-state index in [9.17, 15) is 4.79 Å². The van der Waals surface area contributed by atoms with Gasteiger partial charge in [-0.25, -0.2) is 0 Å². The monoisotopic (exact) mass is 356 g/mol. The van der Waals surface area contributed by atoms with Crippen molar-refractivity contribution in [3.8, 4) is 0 Å². The van der Waals surface area contributed by atoms with Gasteiger partial charge in [-0.05, 0) is 33.1 Å². The average Bonchev–Trinajstić information content (AvgIpc) is 3.27. The minimum absolute atomic E-state index is 0.0258.